The molecule has 90 valence electrons. The van der Waals surface area contributed by atoms with E-state index in [2.05, 4.69) is 4.74 Å². The molecule has 5 heteroatoms. The monoisotopic (exact) mass is 236 g/mol. The van der Waals surface area contributed by atoms with Gasteiger partial charge in [0.2, 0.25) is 0 Å². The topological polar surface area (TPSA) is 72.8 Å². The van der Waals surface area contributed by atoms with E-state index in [1.807, 2.05) is 0 Å². The standard InChI is InChI=1S/C12H12O5/c1-16-7-10(12(15)17-2)8-5-3-4-6-9(8)11(13)14/h3-7H,1-2H3,(H,13,14)/b10-7-. The number of benzene rings is 1. The van der Waals surface area contributed by atoms with Gasteiger partial charge in [0.15, 0.2) is 0 Å². The van der Waals surface area contributed by atoms with Crippen LogP contribution < -0.4 is 0 Å². The number of carbonyl (C=O) groups is 2. The molecule has 0 aliphatic carbocycles. The molecule has 1 N–H and O–H groups in total. The summed E-state index contributed by atoms with van der Waals surface area (Å²) in [7, 11) is 2.58. The first-order valence-corrected chi connectivity index (χ1v) is 4.75. The van der Waals surface area contributed by atoms with Gasteiger partial charge in [-0.05, 0) is 6.07 Å². The van der Waals surface area contributed by atoms with Crippen molar-refractivity contribution in [1.29, 1.82) is 0 Å². The molecule has 0 saturated carbocycles. The van der Waals surface area contributed by atoms with Gasteiger partial charge in [0.25, 0.3) is 0 Å². The third-order valence-corrected chi connectivity index (χ3v) is 2.09. The van der Waals surface area contributed by atoms with Crippen LogP contribution in [0.4, 0.5) is 0 Å². The lowest BCUT2D eigenvalue weighted by atomic mass is 10.0. The van der Waals surface area contributed by atoms with Crippen LogP contribution in [-0.2, 0) is 14.3 Å². The highest BCUT2D eigenvalue weighted by molar-refractivity contribution is 6.18. The Hall–Kier alpha value is -2.30. The number of esters is 1. The Balaban J connectivity index is 3.33. The highest BCUT2D eigenvalue weighted by Crippen LogP contribution is 2.20. The van der Waals surface area contributed by atoms with Crippen LogP contribution in [-0.4, -0.2) is 31.3 Å². The molecule has 0 amide bonds. The molecule has 0 heterocycles. The molecule has 0 saturated heterocycles. The summed E-state index contributed by atoms with van der Waals surface area (Å²) >= 11 is 0. The smallest absolute Gasteiger partial charge is 0.341 e. The van der Waals surface area contributed by atoms with Gasteiger partial charge >= 0.3 is 11.9 Å². The third kappa shape index (κ3) is 2.84. The largest absolute Gasteiger partial charge is 0.503 e. The van der Waals surface area contributed by atoms with E-state index in [9.17, 15) is 9.59 Å². The normalized spacial score (nSPS) is 10.8. The van der Waals surface area contributed by atoms with Crippen molar-refractivity contribution in [1.82, 2.24) is 0 Å². The number of methoxy groups -OCH3 is 2. The van der Waals surface area contributed by atoms with Gasteiger partial charge in [-0.3, -0.25) is 0 Å². The molecular formula is C12H12O5. The first kappa shape index (κ1) is 12.8. The Morgan fingerprint density at radius 3 is 2.24 bits per heavy atom. The Bertz CT molecular complexity index is 462. The van der Waals surface area contributed by atoms with E-state index >= 15 is 0 Å². The van der Waals surface area contributed by atoms with Crippen molar-refractivity contribution in [3.8, 4) is 0 Å². The predicted molar refractivity (Wildman–Crippen MR) is 60.4 cm³/mol. The van der Waals surface area contributed by atoms with E-state index in [0.29, 0.717) is 0 Å². The number of rotatable bonds is 4. The average molecular weight is 236 g/mol. The fourth-order valence-corrected chi connectivity index (χ4v) is 1.35. The van der Waals surface area contributed by atoms with Crippen molar-refractivity contribution in [3.05, 3.63) is 41.7 Å². The van der Waals surface area contributed by atoms with Gasteiger partial charge in [-0.15, -0.1) is 0 Å². The number of carboxylic acid groups (broad SMARTS) is 1. The minimum absolute atomic E-state index is 0.0150. The van der Waals surface area contributed by atoms with Gasteiger partial charge in [-0.1, -0.05) is 18.2 Å². The minimum Gasteiger partial charge on any atom is -0.503 e. The number of hydrogen-bond acceptors (Lipinski definition) is 4. The summed E-state index contributed by atoms with van der Waals surface area (Å²) in [4.78, 5) is 22.5. The molecule has 0 radical (unpaired) electrons. The van der Waals surface area contributed by atoms with Gasteiger partial charge < -0.3 is 14.6 Å². The molecule has 0 aromatic heterocycles. The summed E-state index contributed by atoms with van der Waals surface area (Å²) in [5.74, 6) is -1.77. The van der Waals surface area contributed by atoms with E-state index in [-0.39, 0.29) is 16.7 Å². The van der Waals surface area contributed by atoms with Crippen LogP contribution in [0.1, 0.15) is 15.9 Å². The lowest BCUT2D eigenvalue weighted by Crippen LogP contribution is -2.09. The lowest BCUT2D eigenvalue weighted by Gasteiger charge is -2.08. The molecule has 0 unspecified atom stereocenters. The van der Waals surface area contributed by atoms with E-state index in [4.69, 9.17) is 9.84 Å². The van der Waals surface area contributed by atoms with Gasteiger partial charge in [0, 0.05) is 5.56 Å². The van der Waals surface area contributed by atoms with E-state index in [0.717, 1.165) is 6.26 Å². The molecule has 0 atom stereocenters. The Morgan fingerprint density at radius 1 is 1.18 bits per heavy atom. The minimum atomic E-state index is -1.12. The van der Waals surface area contributed by atoms with Crippen LogP contribution in [0.15, 0.2) is 30.5 Å². The molecule has 1 aromatic rings. The average Bonchev–Trinajstić information content (AvgIpc) is 2.35. The van der Waals surface area contributed by atoms with E-state index in [1.54, 1.807) is 12.1 Å². The zero-order valence-corrected chi connectivity index (χ0v) is 9.47. The Morgan fingerprint density at radius 2 is 1.76 bits per heavy atom. The summed E-state index contributed by atoms with van der Waals surface area (Å²) < 4.78 is 9.33. The fraction of sp³-hybridized carbons (Fsp3) is 0.167. The van der Waals surface area contributed by atoms with Crippen molar-refractivity contribution in [2.75, 3.05) is 14.2 Å². The maximum atomic E-state index is 11.5. The molecule has 5 nitrogen and oxygen atoms in total. The summed E-state index contributed by atoms with van der Waals surface area (Å²) in [6.07, 6.45) is 1.16. The van der Waals surface area contributed by atoms with Crippen molar-refractivity contribution in [2.24, 2.45) is 0 Å². The summed E-state index contributed by atoms with van der Waals surface area (Å²) in [6, 6.07) is 6.14. The molecule has 1 aromatic carbocycles. The lowest BCUT2D eigenvalue weighted by molar-refractivity contribution is -0.133. The molecule has 1 rings (SSSR count). The van der Waals surface area contributed by atoms with E-state index < -0.39 is 11.9 Å². The van der Waals surface area contributed by atoms with Crippen LogP contribution in [0.5, 0.6) is 0 Å². The summed E-state index contributed by atoms with van der Waals surface area (Å²) in [5.41, 5.74) is 0.336. The first-order chi connectivity index (χ1) is 8.11. The molecular weight excluding hydrogens is 224 g/mol. The maximum Gasteiger partial charge on any atom is 0.341 e. The second-order valence-corrected chi connectivity index (χ2v) is 3.11. The fourth-order valence-electron chi connectivity index (χ4n) is 1.35. The number of aromatic carboxylic acids is 1. The molecule has 0 aliphatic rings. The van der Waals surface area contributed by atoms with Gasteiger partial charge in [0.05, 0.1) is 26.0 Å². The number of carboxylic acids is 1. The van der Waals surface area contributed by atoms with Crippen LogP contribution in [0, 0.1) is 0 Å². The number of ether oxygens (including phenoxy) is 2. The third-order valence-electron chi connectivity index (χ3n) is 2.09. The van der Waals surface area contributed by atoms with Crippen molar-refractivity contribution < 1.29 is 24.2 Å². The van der Waals surface area contributed by atoms with Crippen LogP contribution in [0.3, 0.4) is 0 Å². The second kappa shape index (κ2) is 5.69. The molecule has 17 heavy (non-hydrogen) atoms. The second-order valence-electron chi connectivity index (χ2n) is 3.11. The van der Waals surface area contributed by atoms with Crippen LogP contribution in [0.25, 0.3) is 5.57 Å². The molecule has 0 spiro atoms. The number of carbonyl (C=O) groups excluding carboxylic acids is 1. The zero-order valence-electron chi connectivity index (χ0n) is 9.47. The predicted octanol–water partition coefficient (Wildman–Crippen LogP) is 1.55. The Kier molecular flexibility index (Phi) is 4.28. The highest BCUT2D eigenvalue weighted by atomic mass is 16.5. The molecule has 0 bridgehead atoms. The van der Waals surface area contributed by atoms with Gasteiger partial charge in [-0.25, -0.2) is 9.59 Å². The van der Waals surface area contributed by atoms with Crippen LogP contribution >= 0.6 is 0 Å². The molecule has 0 fully saturated rings. The van der Waals surface area contributed by atoms with Gasteiger partial charge in [-0.2, -0.15) is 0 Å². The van der Waals surface area contributed by atoms with Crippen molar-refractivity contribution >= 4 is 17.5 Å². The SMILES string of the molecule is CO/C=C(\C(=O)OC)c1ccccc1C(=O)O. The zero-order chi connectivity index (χ0) is 12.8. The highest BCUT2D eigenvalue weighted by Gasteiger charge is 2.19. The van der Waals surface area contributed by atoms with Crippen LogP contribution in [0.2, 0.25) is 0 Å². The Labute approximate surface area is 98.3 Å². The van der Waals surface area contributed by atoms with E-state index in [1.165, 1.54) is 26.4 Å². The first-order valence-electron chi connectivity index (χ1n) is 4.75. The van der Waals surface area contributed by atoms with Crippen molar-refractivity contribution in [3.63, 3.8) is 0 Å². The van der Waals surface area contributed by atoms with Crippen molar-refractivity contribution in [2.45, 2.75) is 0 Å². The molecule has 0 aliphatic heterocycles. The maximum absolute atomic E-state index is 11.5. The quantitative estimate of drug-likeness (QED) is 0.487. The number of hydrogen-bond donors (Lipinski definition) is 1. The summed E-state index contributed by atoms with van der Waals surface area (Å²) in [5, 5.41) is 9.02. The summed E-state index contributed by atoms with van der Waals surface area (Å²) in [6.45, 7) is 0. The van der Waals surface area contributed by atoms with Gasteiger partial charge in [0.1, 0.15) is 5.57 Å².